The highest BCUT2D eigenvalue weighted by Gasteiger charge is 2.23. The lowest BCUT2D eigenvalue weighted by atomic mass is 10.0. The largest absolute Gasteiger partial charge is 0.462 e. The lowest BCUT2D eigenvalue weighted by Gasteiger charge is -2.11. The Balaban J connectivity index is 2.42. The van der Waals surface area contributed by atoms with Crippen LogP contribution < -0.4 is 10.6 Å². The maximum Gasteiger partial charge on any atom is 0.341 e. The third-order valence-corrected chi connectivity index (χ3v) is 4.54. The van der Waals surface area contributed by atoms with E-state index >= 15 is 0 Å². The molecule has 0 saturated carbocycles. The molecule has 0 saturated heterocycles. The number of rotatable bonds is 6. The number of benzene rings is 1. The number of esters is 1. The van der Waals surface area contributed by atoms with Crippen LogP contribution in [0.15, 0.2) is 42.3 Å². The van der Waals surface area contributed by atoms with Crippen LogP contribution in [0.4, 0.5) is 5.00 Å². The predicted molar refractivity (Wildman–Crippen MR) is 105 cm³/mol. The first-order valence-electron chi connectivity index (χ1n) is 7.27. The average molecular weight is 381 g/mol. The predicted octanol–water partition coefficient (Wildman–Crippen LogP) is 4.72. The summed E-state index contributed by atoms with van der Waals surface area (Å²) < 4.78 is 5.20. The van der Waals surface area contributed by atoms with Crippen molar-refractivity contribution in [2.45, 2.75) is 6.92 Å². The third-order valence-electron chi connectivity index (χ3n) is 3.07. The van der Waals surface area contributed by atoms with Gasteiger partial charge in [-0.3, -0.25) is 0 Å². The zero-order chi connectivity index (χ0) is 17.5. The number of hydrogen-bond donors (Lipinski definition) is 2. The maximum absolute atomic E-state index is 12.4. The number of halogens is 1. The minimum atomic E-state index is -0.414. The summed E-state index contributed by atoms with van der Waals surface area (Å²) in [4.78, 5) is 12.4. The van der Waals surface area contributed by atoms with Crippen molar-refractivity contribution in [3.05, 3.63) is 52.9 Å². The first kappa shape index (κ1) is 18.4. The van der Waals surface area contributed by atoms with Crippen LogP contribution in [0, 0.1) is 0 Å². The summed E-state index contributed by atoms with van der Waals surface area (Å²) >= 11 is 12.9. The van der Waals surface area contributed by atoms with E-state index in [0.29, 0.717) is 27.2 Å². The van der Waals surface area contributed by atoms with E-state index in [1.165, 1.54) is 11.3 Å². The van der Waals surface area contributed by atoms with Gasteiger partial charge in [-0.05, 0) is 25.2 Å². The Morgan fingerprint density at radius 3 is 2.83 bits per heavy atom. The van der Waals surface area contributed by atoms with Crippen LogP contribution in [0.2, 0.25) is 5.02 Å². The molecule has 7 heteroatoms. The quantitative estimate of drug-likeness (QED) is 0.431. The Kier molecular flexibility index (Phi) is 6.78. The van der Waals surface area contributed by atoms with Crippen molar-refractivity contribution in [2.75, 3.05) is 18.5 Å². The number of thiophene rings is 1. The molecule has 1 heterocycles. The number of nitrogens with one attached hydrogen (secondary N) is 2. The van der Waals surface area contributed by atoms with Gasteiger partial charge in [0.2, 0.25) is 0 Å². The summed E-state index contributed by atoms with van der Waals surface area (Å²) in [5.74, 6) is -0.414. The summed E-state index contributed by atoms with van der Waals surface area (Å²) in [6, 6.07) is 7.37. The standard InChI is InChI=1S/C17H17ClN2O2S2/c1-3-9-19-17(23)20-15-14(16(21)22-4-2)12(10-24-15)11-7-5-6-8-13(11)18/h3,5-8,10H,1,4,9H2,2H3,(H2,19,20,23). The lowest BCUT2D eigenvalue weighted by Crippen LogP contribution is -2.28. The molecule has 0 bridgehead atoms. The number of anilines is 1. The van der Waals surface area contributed by atoms with E-state index in [2.05, 4.69) is 17.2 Å². The van der Waals surface area contributed by atoms with Crippen LogP contribution >= 0.6 is 35.2 Å². The van der Waals surface area contributed by atoms with Crippen LogP contribution in [-0.2, 0) is 4.74 Å². The first-order chi connectivity index (χ1) is 11.6. The second kappa shape index (κ2) is 8.82. The fraction of sp³-hybridized carbons (Fsp3) is 0.176. The van der Waals surface area contributed by atoms with E-state index in [4.69, 9.17) is 28.6 Å². The summed E-state index contributed by atoms with van der Waals surface area (Å²) in [7, 11) is 0. The summed E-state index contributed by atoms with van der Waals surface area (Å²) in [5.41, 5.74) is 1.92. The highest BCUT2D eigenvalue weighted by molar-refractivity contribution is 7.80. The van der Waals surface area contributed by atoms with Crippen molar-refractivity contribution < 1.29 is 9.53 Å². The van der Waals surface area contributed by atoms with Gasteiger partial charge < -0.3 is 15.4 Å². The Labute approximate surface area is 155 Å². The zero-order valence-electron chi connectivity index (χ0n) is 13.1. The van der Waals surface area contributed by atoms with Crippen molar-refractivity contribution in [2.24, 2.45) is 0 Å². The Bertz CT molecular complexity index is 759. The minimum Gasteiger partial charge on any atom is -0.462 e. The van der Waals surface area contributed by atoms with Crippen molar-refractivity contribution in [3.63, 3.8) is 0 Å². The highest BCUT2D eigenvalue weighted by Crippen LogP contribution is 2.39. The molecule has 24 heavy (non-hydrogen) atoms. The molecular formula is C17H17ClN2O2S2. The molecule has 0 atom stereocenters. The molecule has 0 unspecified atom stereocenters. The number of carbonyl (C=O) groups is 1. The minimum absolute atomic E-state index is 0.287. The number of hydrogen-bond acceptors (Lipinski definition) is 4. The highest BCUT2D eigenvalue weighted by atomic mass is 35.5. The first-order valence-corrected chi connectivity index (χ1v) is 8.94. The van der Waals surface area contributed by atoms with Gasteiger partial charge in [0.25, 0.3) is 0 Å². The van der Waals surface area contributed by atoms with Crippen LogP contribution in [0.25, 0.3) is 11.1 Å². The second-order valence-corrected chi connectivity index (χ2v) is 6.37. The van der Waals surface area contributed by atoms with Gasteiger partial charge in [0.05, 0.1) is 6.61 Å². The number of thiocarbonyl (C=S) groups is 1. The molecule has 0 spiro atoms. The zero-order valence-corrected chi connectivity index (χ0v) is 15.5. The van der Waals surface area contributed by atoms with E-state index < -0.39 is 5.97 Å². The smallest absolute Gasteiger partial charge is 0.341 e. The molecule has 0 aliphatic heterocycles. The van der Waals surface area contributed by atoms with Gasteiger partial charge in [0.1, 0.15) is 10.6 Å². The van der Waals surface area contributed by atoms with Crippen LogP contribution in [0.5, 0.6) is 0 Å². The van der Waals surface area contributed by atoms with Crippen LogP contribution in [0.1, 0.15) is 17.3 Å². The molecule has 0 aliphatic carbocycles. The molecule has 4 nitrogen and oxygen atoms in total. The summed E-state index contributed by atoms with van der Waals surface area (Å²) in [6.45, 7) is 6.21. The van der Waals surface area contributed by atoms with Crippen molar-refractivity contribution in [1.29, 1.82) is 0 Å². The fourth-order valence-electron chi connectivity index (χ4n) is 2.05. The average Bonchev–Trinajstić information content (AvgIpc) is 2.97. The van der Waals surface area contributed by atoms with Gasteiger partial charge in [-0.15, -0.1) is 17.9 Å². The molecule has 126 valence electrons. The summed E-state index contributed by atoms with van der Waals surface area (Å²) in [5, 5.41) is 9.47. The van der Waals surface area contributed by atoms with E-state index in [9.17, 15) is 4.79 Å². The molecule has 1 aromatic carbocycles. The van der Waals surface area contributed by atoms with E-state index in [-0.39, 0.29) is 6.61 Å². The van der Waals surface area contributed by atoms with Crippen LogP contribution in [0.3, 0.4) is 0 Å². The maximum atomic E-state index is 12.4. The monoisotopic (exact) mass is 380 g/mol. The van der Waals surface area contributed by atoms with Gasteiger partial charge in [0.15, 0.2) is 5.11 Å². The van der Waals surface area contributed by atoms with Gasteiger partial charge in [-0.1, -0.05) is 35.9 Å². The SMILES string of the molecule is C=CCNC(=S)Nc1scc(-c2ccccc2Cl)c1C(=O)OCC. The lowest BCUT2D eigenvalue weighted by molar-refractivity contribution is 0.0529. The number of ether oxygens (including phenoxy) is 1. The van der Waals surface area contributed by atoms with Crippen molar-refractivity contribution >= 4 is 51.2 Å². The second-order valence-electron chi connectivity index (χ2n) is 4.68. The molecular weight excluding hydrogens is 364 g/mol. The van der Waals surface area contributed by atoms with Gasteiger partial charge in [0, 0.05) is 28.1 Å². The Hall–Kier alpha value is -1.89. The third kappa shape index (κ3) is 4.35. The molecule has 0 fully saturated rings. The molecule has 2 aromatic rings. The van der Waals surface area contributed by atoms with E-state index in [1.54, 1.807) is 19.1 Å². The van der Waals surface area contributed by atoms with Crippen molar-refractivity contribution in [1.82, 2.24) is 5.32 Å². The Morgan fingerprint density at radius 2 is 2.17 bits per heavy atom. The topological polar surface area (TPSA) is 50.4 Å². The van der Waals surface area contributed by atoms with Gasteiger partial charge >= 0.3 is 5.97 Å². The molecule has 0 aliphatic rings. The normalized spacial score (nSPS) is 10.1. The van der Waals surface area contributed by atoms with E-state index in [1.807, 2.05) is 23.6 Å². The van der Waals surface area contributed by atoms with Gasteiger partial charge in [-0.2, -0.15) is 0 Å². The van der Waals surface area contributed by atoms with E-state index in [0.717, 1.165) is 11.1 Å². The molecule has 0 amide bonds. The molecule has 1 aromatic heterocycles. The molecule has 0 radical (unpaired) electrons. The molecule has 2 rings (SSSR count). The van der Waals surface area contributed by atoms with Crippen molar-refractivity contribution in [3.8, 4) is 11.1 Å². The fourth-order valence-corrected chi connectivity index (χ4v) is 3.49. The number of carbonyl (C=O) groups excluding carboxylic acids is 1. The Morgan fingerprint density at radius 1 is 1.42 bits per heavy atom. The van der Waals surface area contributed by atoms with Gasteiger partial charge in [-0.25, -0.2) is 4.79 Å². The van der Waals surface area contributed by atoms with Crippen LogP contribution in [-0.4, -0.2) is 24.2 Å². The molecule has 2 N–H and O–H groups in total. The summed E-state index contributed by atoms with van der Waals surface area (Å²) in [6.07, 6.45) is 1.70.